The van der Waals surface area contributed by atoms with Crippen molar-refractivity contribution in [1.29, 1.82) is 0 Å². The molecule has 0 radical (unpaired) electrons. The Morgan fingerprint density at radius 3 is 2.28 bits per heavy atom. The van der Waals surface area contributed by atoms with E-state index >= 15 is 0 Å². The first-order chi connectivity index (χ1) is 11.5. The molecule has 0 bridgehead atoms. The molecule has 3 N–H and O–H groups in total. The summed E-state index contributed by atoms with van der Waals surface area (Å²) in [6.45, 7) is 4.23. The van der Waals surface area contributed by atoms with Crippen LogP contribution in [0.2, 0.25) is 0 Å². The van der Waals surface area contributed by atoms with Gasteiger partial charge in [-0.3, -0.25) is 9.59 Å². The number of carbonyl (C=O) groups is 2. The van der Waals surface area contributed by atoms with Crippen molar-refractivity contribution >= 4 is 11.7 Å². The van der Waals surface area contributed by atoms with Gasteiger partial charge in [-0.2, -0.15) is 0 Å². The number of Topliss-reactive ketones (excluding diaryl/α,β-unsaturated/α-hetero) is 1. The molecule has 2 atom stereocenters. The molecule has 1 rings (SSSR count). The van der Waals surface area contributed by atoms with E-state index in [0.717, 1.165) is 0 Å². The molecule has 0 spiro atoms. The molecular weight excluding hydrogens is 339 g/mol. The summed E-state index contributed by atoms with van der Waals surface area (Å²) in [6.07, 6.45) is -1.65. The predicted molar refractivity (Wildman–Crippen MR) is 84.3 cm³/mol. The highest BCUT2D eigenvalue weighted by Gasteiger charge is 2.33. The van der Waals surface area contributed by atoms with Crippen LogP contribution in [0.3, 0.4) is 0 Å². The molecule has 0 aliphatic heterocycles. The van der Waals surface area contributed by atoms with E-state index in [4.69, 9.17) is 5.11 Å². The Bertz CT molecular complexity index is 649. The van der Waals surface area contributed by atoms with E-state index < -0.39 is 58.7 Å². The zero-order valence-electron chi connectivity index (χ0n) is 14.3. The first-order valence-corrected chi connectivity index (χ1v) is 7.74. The number of halogens is 3. The summed E-state index contributed by atoms with van der Waals surface area (Å²) in [5, 5.41) is 21.4. The maximum Gasteiger partial charge on any atom is 0.249 e. The molecule has 8 heteroatoms. The molecule has 0 aliphatic rings. The van der Waals surface area contributed by atoms with Crippen LogP contribution in [0.25, 0.3) is 0 Å². The third-order valence-electron chi connectivity index (χ3n) is 3.87. The van der Waals surface area contributed by atoms with Crippen molar-refractivity contribution in [3.63, 3.8) is 0 Å². The number of aliphatic hydroxyl groups is 2. The minimum absolute atomic E-state index is 0.00837. The molecule has 2 unspecified atom stereocenters. The van der Waals surface area contributed by atoms with Crippen LogP contribution in [-0.4, -0.2) is 41.2 Å². The first kappa shape index (κ1) is 21.1. The van der Waals surface area contributed by atoms with E-state index in [1.165, 1.54) is 13.8 Å². The average Bonchev–Trinajstić information content (AvgIpc) is 2.54. The molecule has 5 nitrogen and oxygen atoms in total. The number of aliphatic hydroxyl groups excluding tert-OH is 2. The van der Waals surface area contributed by atoms with Gasteiger partial charge in [0.15, 0.2) is 17.4 Å². The average molecular weight is 361 g/mol. The summed E-state index contributed by atoms with van der Waals surface area (Å²) in [4.78, 5) is 23.8. The van der Waals surface area contributed by atoms with Crippen LogP contribution in [0.1, 0.15) is 37.6 Å². The quantitative estimate of drug-likeness (QED) is 0.487. The molecule has 140 valence electrons. The SMILES string of the molecule is CC(CNC(=O)C(O)C(C)(C)CO)CC(=O)c1cc(F)c(F)cc1F. The number of ketones is 1. The molecular formula is C17H22F3NO4. The second-order valence-corrected chi connectivity index (χ2v) is 6.77. The lowest BCUT2D eigenvalue weighted by Gasteiger charge is -2.27. The van der Waals surface area contributed by atoms with Crippen LogP contribution in [0.15, 0.2) is 12.1 Å². The Balaban J connectivity index is 2.63. The molecule has 1 amide bonds. The van der Waals surface area contributed by atoms with Gasteiger partial charge in [0.05, 0.1) is 12.2 Å². The van der Waals surface area contributed by atoms with Gasteiger partial charge < -0.3 is 15.5 Å². The molecule has 1 aromatic rings. The summed E-state index contributed by atoms with van der Waals surface area (Å²) >= 11 is 0. The summed E-state index contributed by atoms with van der Waals surface area (Å²) in [5.74, 6) is -5.73. The normalized spacial score (nSPS) is 14.1. The van der Waals surface area contributed by atoms with Crippen LogP contribution in [-0.2, 0) is 4.79 Å². The molecule has 1 aromatic carbocycles. The lowest BCUT2D eigenvalue weighted by atomic mass is 9.87. The Morgan fingerprint density at radius 2 is 1.72 bits per heavy atom. The first-order valence-electron chi connectivity index (χ1n) is 7.74. The second-order valence-electron chi connectivity index (χ2n) is 6.77. The van der Waals surface area contributed by atoms with Crippen molar-refractivity contribution in [2.75, 3.05) is 13.2 Å². The highest BCUT2D eigenvalue weighted by atomic mass is 19.2. The van der Waals surface area contributed by atoms with E-state index in [1.54, 1.807) is 6.92 Å². The third-order valence-corrected chi connectivity index (χ3v) is 3.87. The van der Waals surface area contributed by atoms with Gasteiger partial charge in [-0.1, -0.05) is 20.8 Å². The van der Waals surface area contributed by atoms with Crippen LogP contribution < -0.4 is 5.32 Å². The Morgan fingerprint density at radius 1 is 1.16 bits per heavy atom. The van der Waals surface area contributed by atoms with Gasteiger partial charge in [-0.05, 0) is 12.0 Å². The zero-order chi connectivity index (χ0) is 19.4. The monoisotopic (exact) mass is 361 g/mol. The van der Waals surface area contributed by atoms with E-state index in [9.17, 15) is 27.9 Å². The molecule has 0 fully saturated rings. The Hall–Kier alpha value is -1.93. The highest BCUT2D eigenvalue weighted by Crippen LogP contribution is 2.20. The summed E-state index contributed by atoms with van der Waals surface area (Å²) < 4.78 is 39.6. The van der Waals surface area contributed by atoms with Crippen molar-refractivity contribution < 1.29 is 33.0 Å². The smallest absolute Gasteiger partial charge is 0.249 e. The minimum Gasteiger partial charge on any atom is -0.396 e. The van der Waals surface area contributed by atoms with Crippen molar-refractivity contribution in [3.8, 4) is 0 Å². The topological polar surface area (TPSA) is 86.6 Å². The lowest BCUT2D eigenvalue weighted by molar-refractivity contribution is -0.137. The zero-order valence-corrected chi connectivity index (χ0v) is 14.3. The summed E-state index contributed by atoms with van der Waals surface area (Å²) in [6, 6.07) is 0.814. The van der Waals surface area contributed by atoms with Crippen LogP contribution in [0.5, 0.6) is 0 Å². The van der Waals surface area contributed by atoms with E-state index in [1.807, 2.05) is 0 Å². The Kier molecular flexibility index (Phi) is 7.13. The third kappa shape index (κ3) is 5.54. The Labute approximate surface area is 143 Å². The van der Waals surface area contributed by atoms with Gasteiger partial charge in [-0.15, -0.1) is 0 Å². The van der Waals surface area contributed by atoms with Crippen molar-refractivity contribution in [2.45, 2.75) is 33.3 Å². The van der Waals surface area contributed by atoms with Gasteiger partial charge in [0.25, 0.3) is 0 Å². The summed E-state index contributed by atoms with van der Waals surface area (Å²) in [7, 11) is 0. The maximum absolute atomic E-state index is 13.6. The number of nitrogens with one attached hydrogen (secondary N) is 1. The fraction of sp³-hybridized carbons (Fsp3) is 0.529. The molecule has 0 heterocycles. The fourth-order valence-corrected chi connectivity index (χ4v) is 2.05. The van der Waals surface area contributed by atoms with E-state index in [-0.39, 0.29) is 13.0 Å². The number of hydrogen-bond acceptors (Lipinski definition) is 4. The predicted octanol–water partition coefficient (Wildman–Crippen LogP) is 1.81. The van der Waals surface area contributed by atoms with Gasteiger partial charge in [0.2, 0.25) is 5.91 Å². The number of amides is 1. The van der Waals surface area contributed by atoms with Gasteiger partial charge >= 0.3 is 0 Å². The van der Waals surface area contributed by atoms with Gasteiger partial charge in [0.1, 0.15) is 11.9 Å². The number of hydrogen-bond donors (Lipinski definition) is 3. The molecule has 0 saturated heterocycles. The largest absolute Gasteiger partial charge is 0.396 e. The van der Waals surface area contributed by atoms with E-state index in [2.05, 4.69) is 5.32 Å². The number of carbonyl (C=O) groups excluding carboxylic acids is 2. The van der Waals surface area contributed by atoms with Crippen molar-refractivity contribution in [1.82, 2.24) is 5.32 Å². The number of benzene rings is 1. The van der Waals surface area contributed by atoms with Gasteiger partial charge in [0, 0.05) is 24.4 Å². The van der Waals surface area contributed by atoms with E-state index in [0.29, 0.717) is 12.1 Å². The maximum atomic E-state index is 13.6. The molecule has 0 aromatic heterocycles. The molecule has 0 saturated carbocycles. The molecule has 0 aliphatic carbocycles. The lowest BCUT2D eigenvalue weighted by Crippen LogP contribution is -2.46. The van der Waals surface area contributed by atoms with Crippen LogP contribution in [0.4, 0.5) is 13.2 Å². The molecule has 25 heavy (non-hydrogen) atoms. The summed E-state index contributed by atoms with van der Waals surface area (Å²) in [5.41, 5.74) is -1.59. The minimum atomic E-state index is -1.44. The standard InChI is InChI=1S/C17H22F3NO4/c1-9(7-21-16(25)15(24)17(2,3)8-22)4-14(23)10-5-12(19)13(20)6-11(10)18/h5-6,9,15,22,24H,4,7-8H2,1-3H3,(H,21,25). The van der Waals surface area contributed by atoms with Gasteiger partial charge in [-0.25, -0.2) is 13.2 Å². The van der Waals surface area contributed by atoms with Crippen molar-refractivity contribution in [3.05, 3.63) is 35.1 Å². The van der Waals surface area contributed by atoms with Crippen molar-refractivity contribution in [2.24, 2.45) is 11.3 Å². The number of rotatable bonds is 8. The highest BCUT2D eigenvalue weighted by molar-refractivity contribution is 5.96. The van der Waals surface area contributed by atoms with Crippen LogP contribution >= 0.6 is 0 Å². The second kappa shape index (κ2) is 8.44. The fourth-order valence-electron chi connectivity index (χ4n) is 2.05. The van der Waals surface area contributed by atoms with Crippen LogP contribution in [0, 0.1) is 28.8 Å².